The van der Waals surface area contributed by atoms with Gasteiger partial charge in [0, 0.05) is 19.0 Å². The van der Waals surface area contributed by atoms with Crippen molar-refractivity contribution in [2.24, 2.45) is 5.41 Å². The third-order valence-electron chi connectivity index (χ3n) is 4.06. The molecule has 0 saturated heterocycles. The Morgan fingerprint density at radius 2 is 1.75 bits per heavy atom. The first kappa shape index (κ1) is 17.0. The summed E-state index contributed by atoms with van der Waals surface area (Å²) in [5.41, 5.74) is -0.849. The van der Waals surface area contributed by atoms with Gasteiger partial charge in [-0.15, -0.1) is 0 Å². The number of nitrogens with zero attached hydrogens (tertiary/aromatic N) is 1. The van der Waals surface area contributed by atoms with Crippen LogP contribution in [0.2, 0.25) is 0 Å². The summed E-state index contributed by atoms with van der Waals surface area (Å²) in [4.78, 5) is 25.8. The Morgan fingerprint density at radius 1 is 1.20 bits per heavy atom. The lowest BCUT2D eigenvalue weighted by Gasteiger charge is -2.28. The fourth-order valence-electron chi connectivity index (χ4n) is 3.10. The van der Waals surface area contributed by atoms with E-state index in [9.17, 15) is 14.7 Å². The van der Waals surface area contributed by atoms with E-state index in [0.717, 1.165) is 32.2 Å². The number of carbonyl (C=O) groups is 2. The predicted octanol–water partition coefficient (Wildman–Crippen LogP) is 1.87. The molecule has 1 aliphatic carbocycles. The number of aliphatic carboxylic acids is 1. The minimum Gasteiger partial charge on any atom is -0.481 e. The van der Waals surface area contributed by atoms with Crippen LogP contribution < -0.4 is 5.32 Å². The maximum atomic E-state index is 12.1. The van der Waals surface area contributed by atoms with Crippen molar-refractivity contribution in [3.8, 4) is 0 Å². The Labute approximate surface area is 121 Å². The zero-order chi connectivity index (χ0) is 15.2. The van der Waals surface area contributed by atoms with Gasteiger partial charge < -0.3 is 15.3 Å². The van der Waals surface area contributed by atoms with Crippen molar-refractivity contribution in [2.75, 3.05) is 20.6 Å². The van der Waals surface area contributed by atoms with Gasteiger partial charge >= 0.3 is 5.97 Å². The topological polar surface area (TPSA) is 69.6 Å². The molecule has 1 rings (SSSR count). The first-order valence-corrected chi connectivity index (χ1v) is 7.53. The molecule has 0 heterocycles. The average molecular weight is 284 g/mol. The van der Waals surface area contributed by atoms with Crippen LogP contribution in [0.3, 0.4) is 0 Å². The highest BCUT2D eigenvalue weighted by atomic mass is 16.4. The molecule has 0 aromatic heterocycles. The van der Waals surface area contributed by atoms with Gasteiger partial charge in [-0.05, 0) is 33.9 Å². The van der Waals surface area contributed by atoms with Crippen LogP contribution >= 0.6 is 0 Å². The van der Waals surface area contributed by atoms with E-state index in [-0.39, 0.29) is 18.4 Å². The number of carbonyl (C=O) groups excluding carboxylic acids is 1. The Hall–Kier alpha value is -1.10. The van der Waals surface area contributed by atoms with Gasteiger partial charge in [0.25, 0.3) is 0 Å². The second-order valence-corrected chi connectivity index (χ2v) is 6.41. The number of amides is 1. The van der Waals surface area contributed by atoms with E-state index in [4.69, 9.17) is 0 Å². The summed E-state index contributed by atoms with van der Waals surface area (Å²) in [5.74, 6) is -0.946. The van der Waals surface area contributed by atoms with Gasteiger partial charge in [-0.3, -0.25) is 9.59 Å². The molecule has 0 aromatic carbocycles. The fourth-order valence-corrected chi connectivity index (χ4v) is 3.10. The van der Waals surface area contributed by atoms with E-state index >= 15 is 0 Å². The van der Waals surface area contributed by atoms with E-state index in [1.165, 1.54) is 0 Å². The summed E-state index contributed by atoms with van der Waals surface area (Å²) in [5, 5.41) is 12.5. The first-order chi connectivity index (χ1) is 9.35. The molecule has 20 heavy (non-hydrogen) atoms. The zero-order valence-corrected chi connectivity index (χ0v) is 12.9. The summed E-state index contributed by atoms with van der Waals surface area (Å²) < 4.78 is 0. The molecule has 5 nitrogen and oxygen atoms in total. The molecule has 1 aliphatic rings. The molecule has 2 N–H and O–H groups in total. The molecular weight excluding hydrogens is 256 g/mol. The largest absolute Gasteiger partial charge is 0.481 e. The van der Waals surface area contributed by atoms with Crippen molar-refractivity contribution in [1.29, 1.82) is 0 Å². The maximum absolute atomic E-state index is 12.1. The molecule has 116 valence electrons. The number of carboxylic acids is 1. The van der Waals surface area contributed by atoms with Crippen LogP contribution in [-0.2, 0) is 9.59 Å². The number of hydrogen-bond donors (Lipinski definition) is 2. The number of nitrogens with one attached hydrogen (secondary N) is 1. The van der Waals surface area contributed by atoms with Gasteiger partial charge in [0.15, 0.2) is 0 Å². The van der Waals surface area contributed by atoms with Gasteiger partial charge in [0.1, 0.15) is 0 Å². The molecule has 0 bridgehead atoms. The predicted molar refractivity (Wildman–Crippen MR) is 78.5 cm³/mol. The molecule has 0 spiro atoms. The number of likely N-dealkylation sites (N-methyl/N-ethyl adjacent to an activating group) is 1. The number of carboxylic acid groups (broad SMARTS) is 1. The van der Waals surface area contributed by atoms with E-state index in [2.05, 4.69) is 5.32 Å². The number of hydrogen-bond acceptors (Lipinski definition) is 3. The summed E-state index contributed by atoms with van der Waals surface area (Å²) in [6, 6.07) is 0.0362. The lowest BCUT2D eigenvalue weighted by molar-refractivity contribution is -0.153. The Bertz CT molecular complexity index is 334. The molecule has 1 amide bonds. The zero-order valence-electron chi connectivity index (χ0n) is 12.9. The third kappa shape index (κ3) is 5.12. The van der Waals surface area contributed by atoms with Crippen LogP contribution in [0.25, 0.3) is 0 Å². The first-order valence-electron chi connectivity index (χ1n) is 7.53. The van der Waals surface area contributed by atoms with E-state index < -0.39 is 11.4 Å². The van der Waals surface area contributed by atoms with E-state index in [0.29, 0.717) is 12.8 Å². The lowest BCUT2D eigenvalue weighted by atomic mass is 9.77. The fraction of sp³-hybridized carbons (Fsp3) is 0.867. The second kappa shape index (κ2) is 7.62. The molecule has 1 atom stereocenters. The minimum absolute atomic E-state index is 0.0362. The quantitative estimate of drug-likeness (QED) is 0.731. The van der Waals surface area contributed by atoms with E-state index in [1.54, 1.807) is 0 Å². The monoisotopic (exact) mass is 284 g/mol. The summed E-state index contributed by atoms with van der Waals surface area (Å²) in [7, 11) is 3.90. The molecule has 1 fully saturated rings. The summed E-state index contributed by atoms with van der Waals surface area (Å²) in [6.45, 7) is 2.70. The van der Waals surface area contributed by atoms with Crippen LogP contribution in [0.4, 0.5) is 0 Å². The molecule has 1 unspecified atom stereocenters. The highest BCUT2D eigenvalue weighted by Crippen LogP contribution is 2.38. The van der Waals surface area contributed by atoms with Crippen LogP contribution in [0.15, 0.2) is 0 Å². The molecule has 0 aliphatic heterocycles. The van der Waals surface area contributed by atoms with Crippen molar-refractivity contribution in [2.45, 2.75) is 57.9 Å². The Morgan fingerprint density at radius 3 is 2.20 bits per heavy atom. The Kier molecular flexibility index (Phi) is 6.46. The smallest absolute Gasteiger partial charge is 0.310 e. The minimum atomic E-state index is -0.849. The van der Waals surface area contributed by atoms with Crippen LogP contribution in [-0.4, -0.2) is 48.6 Å². The van der Waals surface area contributed by atoms with Gasteiger partial charge in [0.2, 0.25) is 5.91 Å². The molecule has 0 aromatic rings. The summed E-state index contributed by atoms with van der Waals surface area (Å²) >= 11 is 0. The summed E-state index contributed by atoms with van der Waals surface area (Å²) in [6.07, 6.45) is 5.33. The average Bonchev–Trinajstić information content (AvgIpc) is 2.53. The van der Waals surface area contributed by atoms with Gasteiger partial charge in [-0.2, -0.15) is 0 Å². The highest BCUT2D eigenvalue weighted by Gasteiger charge is 2.40. The van der Waals surface area contributed by atoms with Crippen LogP contribution in [0.1, 0.15) is 51.9 Å². The van der Waals surface area contributed by atoms with Crippen molar-refractivity contribution in [1.82, 2.24) is 10.2 Å². The van der Waals surface area contributed by atoms with Crippen molar-refractivity contribution >= 4 is 11.9 Å². The third-order valence-corrected chi connectivity index (χ3v) is 4.06. The van der Waals surface area contributed by atoms with E-state index in [1.807, 2.05) is 25.9 Å². The maximum Gasteiger partial charge on any atom is 0.310 e. The normalized spacial score (nSPS) is 20.2. The van der Waals surface area contributed by atoms with Crippen LogP contribution in [0, 0.1) is 5.41 Å². The van der Waals surface area contributed by atoms with Gasteiger partial charge in [0.05, 0.1) is 5.41 Å². The molecule has 1 saturated carbocycles. The molecular formula is C15H28N2O3. The number of rotatable bonds is 6. The van der Waals surface area contributed by atoms with Gasteiger partial charge in [-0.25, -0.2) is 0 Å². The SMILES string of the molecule is CC(CN(C)C)NC(=O)CC1(C(=O)O)CCCCCC1. The second-order valence-electron chi connectivity index (χ2n) is 6.41. The van der Waals surface area contributed by atoms with Crippen molar-refractivity contribution in [3.05, 3.63) is 0 Å². The highest BCUT2D eigenvalue weighted by molar-refractivity contribution is 5.85. The van der Waals surface area contributed by atoms with Crippen molar-refractivity contribution in [3.63, 3.8) is 0 Å². The van der Waals surface area contributed by atoms with Crippen LogP contribution in [0.5, 0.6) is 0 Å². The Balaban J connectivity index is 2.61. The molecule has 5 heteroatoms. The standard InChI is InChI=1S/C15H28N2O3/c1-12(11-17(2)3)16-13(18)10-15(14(19)20)8-6-4-5-7-9-15/h12H,4-11H2,1-3H3,(H,16,18)(H,19,20). The lowest BCUT2D eigenvalue weighted by Crippen LogP contribution is -2.43. The molecule has 0 radical (unpaired) electrons. The van der Waals surface area contributed by atoms with Gasteiger partial charge in [-0.1, -0.05) is 25.7 Å². The van der Waals surface area contributed by atoms with Crippen molar-refractivity contribution < 1.29 is 14.7 Å².